The highest BCUT2D eigenvalue weighted by Gasteiger charge is 1.89. The van der Waals surface area contributed by atoms with Crippen LogP contribution in [0.1, 0.15) is 5.56 Å². The summed E-state index contributed by atoms with van der Waals surface area (Å²) in [6, 6.07) is 7.60. The third-order valence-corrected chi connectivity index (χ3v) is 1.47. The van der Waals surface area contributed by atoms with Crippen molar-refractivity contribution in [2.75, 3.05) is 5.32 Å². The number of carbonyl (C=O) groups excluding carboxylic acids is 1. The van der Waals surface area contributed by atoms with E-state index in [0.717, 1.165) is 12.1 Å². The van der Waals surface area contributed by atoms with Crippen LogP contribution < -0.4 is 5.32 Å². The molecule has 0 saturated carbocycles. The van der Waals surface area contributed by atoms with Crippen LogP contribution in [-0.4, -0.2) is 6.41 Å². The van der Waals surface area contributed by atoms with E-state index in [1.807, 2.05) is 24.3 Å². The number of nitrogens with one attached hydrogen (secondary N) is 1. The SMILES string of the molecule is [CH2]Cc1ccc(NC=O)cc1. The third kappa shape index (κ3) is 2.08. The largest absolute Gasteiger partial charge is 0.329 e. The molecule has 2 nitrogen and oxygen atoms in total. The van der Waals surface area contributed by atoms with Crippen LogP contribution in [0, 0.1) is 6.92 Å². The van der Waals surface area contributed by atoms with Crippen LogP contribution in [0.4, 0.5) is 5.69 Å². The van der Waals surface area contributed by atoms with Gasteiger partial charge < -0.3 is 5.32 Å². The Kier molecular flexibility index (Phi) is 2.66. The Morgan fingerprint density at radius 1 is 1.36 bits per heavy atom. The summed E-state index contributed by atoms with van der Waals surface area (Å²) in [7, 11) is 0. The van der Waals surface area contributed by atoms with Crippen LogP contribution in [-0.2, 0) is 11.2 Å². The first-order valence-electron chi connectivity index (χ1n) is 3.45. The second-order valence-electron chi connectivity index (χ2n) is 2.21. The molecule has 1 amide bonds. The van der Waals surface area contributed by atoms with Gasteiger partial charge >= 0.3 is 0 Å². The van der Waals surface area contributed by atoms with E-state index in [-0.39, 0.29) is 0 Å². The average molecular weight is 148 g/mol. The number of rotatable bonds is 3. The summed E-state index contributed by atoms with van der Waals surface area (Å²) in [6.45, 7) is 3.74. The van der Waals surface area contributed by atoms with Gasteiger partial charge in [-0.05, 0) is 31.0 Å². The maximum absolute atomic E-state index is 10.0. The van der Waals surface area contributed by atoms with E-state index in [2.05, 4.69) is 12.2 Å². The molecule has 1 radical (unpaired) electrons. The molecule has 1 aromatic carbocycles. The maximum atomic E-state index is 10.0. The van der Waals surface area contributed by atoms with Gasteiger partial charge in [-0.1, -0.05) is 12.1 Å². The molecule has 1 rings (SSSR count). The maximum Gasteiger partial charge on any atom is 0.211 e. The lowest BCUT2D eigenvalue weighted by molar-refractivity contribution is -0.105. The summed E-state index contributed by atoms with van der Waals surface area (Å²) < 4.78 is 0. The van der Waals surface area contributed by atoms with Crippen molar-refractivity contribution in [1.82, 2.24) is 0 Å². The second kappa shape index (κ2) is 3.76. The molecule has 0 aromatic heterocycles. The fourth-order valence-electron chi connectivity index (χ4n) is 0.836. The fraction of sp³-hybridized carbons (Fsp3) is 0.111. The van der Waals surface area contributed by atoms with Crippen molar-refractivity contribution in [2.45, 2.75) is 6.42 Å². The molecule has 2 heteroatoms. The van der Waals surface area contributed by atoms with Crippen LogP contribution >= 0.6 is 0 Å². The lowest BCUT2D eigenvalue weighted by Crippen LogP contribution is -1.93. The zero-order valence-electron chi connectivity index (χ0n) is 6.21. The molecule has 0 bridgehead atoms. The van der Waals surface area contributed by atoms with Gasteiger partial charge in [0.25, 0.3) is 0 Å². The van der Waals surface area contributed by atoms with Gasteiger partial charge in [0.2, 0.25) is 6.41 Å². The van der Waals surface area contributed by atoms with E-state index < -0.39 is 0 Å². The molecule has 0 unspecified atom stereocenters. The molecule has 0 aliphatic rings. The van der Waals surface area contributed by atoms with Crippen LogP contribution in [0.3, 0.4) is 0 Å². The average Bonchev–Trinajstić information content (AvgIpc) is 2.07. The first-order chi connectivity index (χ1) is 5.36. The normalized spacial score (nSPS) is 9.18. The van der Waals surface area contributed by atoms with Crippen molar-refractivity contribution in [2.24, 2.45) is 0 Å². The van der Waals surface area contributed by atoms with Gasteiger partial charge in [-0.25, -0.2) is 0 Å². The predicted molar refractivity (Wildman–Crippen MR) is 45.2 cm³/mol. The van der Waals surface area contributed by atoms with Crippen molar-refractivity contribution >= 4 is 12.1 Å². The Labute approximate surface area is 66.2 Å². The number of carbonyl (C=O) groups is 1. The second-order valence-corrected chi connectivity index (χ2v) is 2.21. The van der Waals surface area contributed by atoms with Crippen molar-refractivity contribution in [3.8, 4) is 0 Å². The molecule has 0 aliphatic heterocycles. The van der Waals surface area contributed by atoms with Crippen molar-refractivity contribution < 1.29 is 4.79 Å². The first kappa shape index (κ1) is 7.79. The lowest BCUT2D eigenvalue weighted by Gasteiger charge is -1.98. The van der Waals surface area contributed by atoms with Crippen molar-refractivity contribution in [1.29, 1.82) is 0 Å². The van der Waals surface area contributed by atoms with Gasteiger partial charge in [0.15, 0.2) is 0 Å². The highest BCUT2D eigenvalue weighted by Crippen LogP contribution is 2.08. The summed E-state index contributed by atoms with van der Waals surface area (Å²) in [5.74, 6) is 0. The minimum Gasteiger partial charge on any atom is -0.329 e. The summed E-state index contributed by atoms with van der Waals surface area (Å²) in [4.78, 5) is 10.0. The molecule has 0 heterocycles. The van der Waals surface area contributed by atoms with Crippen LogP contribution in [0.5, 0.6) is 0 Å². The summed E-state index contributed by atoms with van der Waals surface area (Å²) >= 11 is 0. The van der Waals surface area contributed by atoms with Crippen molar-refractivity contribution in [3.05, 3.63) is 36.8 Å². The minimum atomic E-state index is 0.666. The first-order valence-corrected chi connectivity index (χ1v) is 3.45. The summed E-state index contributed by atoms with van der Waals surface area (Å²) in [5, 5.41) is 2.56. The van der Waals surface area contributed by atoms with Gasteiger partial charge in [-0.2, -0.15) is 0 Å². The molecule has 0 spiro atoms. The Morgan fingerprint density at radius 2 is 2.00 bits per heavy atom. The lowest BCUT2D eigenvalue weighted by atomic mass is 10.1. The standard InChI is InChI=1S/C9H10NO/c1-2-8-3-5-9(6-4-8)10-7-11/h3-7H,1-2H2,(H,10,11). The van der Waals surface area contributed by atoms with Crippen LogP contribution in [0.15, 0.2) is 24.3 Å². The van der Waals surface area contributed by atoms with Crippen LogP contribution in [0.25, 0.3) is 0 Å². The van der Waals surface area contributed by atoms with Gasteiger partial charge in [0, 0.05) is 5.69 Å². The Hall–Kier alpha value is -1.31. The molecular formula is C9H10NO. The van der Waals surface area contributed by atoms with Crippen molar-refractivity contribution in [3.63, 3.8) is 0 Å². The molecule has 1 N–H and O–H groups in total. The highest BCUT2D eigenvalue weighted by molar-refractivity contribution is 5.70. The molecule has 11 heavy (non-hydrogen) atoms. The smallest absolute Gasteiger partial charge is 0.211 e. The number of hydrogen-bond acceptors (Lipinski definition) is 1. The Morgan fingerprint density at radius 3 is 2.45 bits per heavy atom. The van der Waals surface area contributed by atoms with Crippen LogP contribution in [0.2, 0.25) is 0 Å². The third-order valence-electron chi connectivity index (χ3n) is 1.47. The van der Waals surface area contributed by atoms with E-state index in [1.54, 1.807) is 0 Å². The van der Waals surface area contributed by atoms with E-state index >= 15 is 0 Å². The topological polar surface area (TPSA) is 29.1 Å². The van der Waals surface area contributed by atoms with Gasteiger partial charge in [0.1, 0.15) is 0 Å². The van der Waals surface area contributed by atoms with E-state index in [1.165, 1.54) is 5.56 Å². The van der Waals surface area contributed by atoms with E-state index in [0.29, 0.717) is 6.41 Å². The minimum absolute atomic E-state index is 0.666. The number of benzene rings is 1. The van der Waals surface area contributed by atoms with Gasteiger partial charge in [-0.3, -0.25) is 4.79 Å². The Bertz CT molecular complexity index is 228. The van der Waals surface area contributed by atoms with E-state index in [4.69, 9.17) is 0 Å². The molecular weight excluding hydrogens is 138 g/mol. The molecule has 0 atom stereocenters. The van der Waals surface area contributed by atoms with Gasteiger partial charge in [-0.15, -0.1) is 0 Å². The van der Waals surface area contributed by atoms with Gasteiger partial charge in [0.05, 0.1) is 0 Å². The Balaban J connectivity index is 2.74. The monoisotopic (exact) mass is 148 g/mol. The molecule has 57 valence electrons. The summed E-state index contributed by atoms with van der Waals surface area (Å²) in [5.41, 5.74) is 1.98. The molecule has 0 aliphatic carbocycles. The number of hydrogen-bond donors (Lipinski definition) is 1. The fourth-order valence-corrected chi connectivity index (χ4v) is 0.836. The quantitative estimate of drug-likeness (QED) is 0.648. The highest BCUT2D eigenvalue weighted by atomic mass is 16.1. The number of anilines is 1. The predicted octanol–water partition coefficient (Wildman–Crippen LogP) is 1.63. The van der Waals surface area contributed by atoms with E-state index in [9.17, 15) is 4.79 Å². The molecule has 0 fully saturated rings. The number of amides is 1. The zero-order chi connectivity index (χ0) is 8.10. The molecule has 0 saturated heterocycles. The summed E-state index contributed by atoms with van der Waals surface area (Å²) in [6.07, 6.45) is 1.45. The zero-order valence-corrected chi connectivity index (χ0v) is 6.21. The molecule has 1 aromatic rings.